The van der Waals surface area contributed by atoms with Crippen LogP contribution in [0.3, 0.4) is 0 Å². The van der Waals surface area contributed by atoms with Crippen LogP contribution < -0.4 is 0 Å². The van der Waals surface area contributed by atoms with E-state index >= 15 is 0 Å². The van der Waals surface area contributed by atoms with Gasteiger partial charge in [0.1, 0.15) is 0 Å². The molecule has 0 aromatic carbocycles. The summed E-state index contributed by atoms with van der Waals surface area (Å²) in [5.41, 5.74) is 0.171. The first-order valence-corrected chi connectivity index (χ1v) is 5.79. The van der Waals surface area contributed by atoms with E-state index < -0.39 is 5.97 Å². The van der Waals surface area contributed by atoms with E-state index in [4.69, 9.17) is 0 Å². The minimum atomic E-state index is -0.586. The van der Waals surface area contributed by atoms with Crippen LogP contribution in [0, 0.1) is 16.7 Å². The van der Waals surface area contributed by atoms with Crippen molar-refractivity contribution in [2.24, 2.45) is 16.7 Å². The number of rotatable bonds is 5. The average Bonchev–Trinajstić information content (AvgIpc) is 2.81. The Morgan fingerprint density at radius 3 is 1.36 bits per heavy atom. The lowest BCUT2D eigenvalue weighted by Crippen LogP contribution is -2.11. The Hall–Kier alpha value is -0.530. The van der Waals surface area contributed by atoms with E-state index in [0.717, 1.165) is 25.7 Å². The topological polar surface area (TPSA) is 37.3 Å². The summed E-state index contributed by atoms with van der Waals surface area (Å²) < 4.78 is 0. The Labute approximate surface area is 86.7 Å². The summed E-state index contributed by atoms with van der Waals surface area (Å²) >= 11 is 0. The van der Waals surface area contributed by atoms with Gasteiger partial charge in [-0.3, -0.25) is 4.79 Å². The molecule has 0 aliphatic heterocycles. The third kappa shape index (κ3) is 1.06. The molecule has 0 aromatic heterocycles. The van der Waals surface area contributed by atoms with Crippen molar-refractivity contribution >= 4 is 5.97 Å². The summed E-state index contributed by atoms with van der Waals surface area (Å²) in [6, 6.07) is 0. The van der Waals surface area contributed by atoms with Crippen LogP contribution in [-0.2, 0) is 4.79 Å². The van der Waals surface area contributed by atoms with Crippen molar-refractivity contribution in [1.82, 2.24) is 0 Å². The van der Waals surface area contributed by atoms with Crippen LogP contribution in [-0.4, -0.2) is 11.1 Å². The molecule has 82 valence electrons. The molecule has 0 heterocycles. The highest BCUT2D eigenvalue weighted by Crippen LogP contribution is 2.76. The molecule has 0 atom stereocenters. The van der Waals surface area contributed by atoms with Gasteiger partial charge in [0, 0.05) is 0 Å². The molecule has 1 aliphatic carbocycles. The van der Waals surface area contributed by atoms with Gasteiger partial charge >= 0.3 is 5.97 Å². The predicted octanol–water partition coefficient (Wildman–Crippen LogP) is 3.31. The summed E-state index contributed by atoms with van der Waals surface area (Å²) in [5, 5.41) is 9.25. The highest BCUT2D eigenvalue weighted by atomic mass is 16.4. The van der Waals surface area contributed by atoms with E-state index in [2.05, 4.69) is 27.7 Å². The van der Waals surface area contributed by atoms with Gasteiger partial charge in [0.25, 0.3) is 0 Å². The Morgan fingerprint density at radius 1 is 1.00 bits per heavy atom. The number of carboxylic acids is 1. The number of carboxylic acid groups (broad SMARTS) is 1. The molecule has 0 unspecified atom stereocenters. The van der Waals surface area contributed by atoms with Gasteiger partial charge in [-0.15, -0.1) is 0 Å². The molecule has 0 bridgehead atoms. The summed E-state index contributed by atoms with van der Waals surface area (Å²) in [4.78, 5) is 11.2. The summed E-state index contributed by atoms with van der Waals surface area (Å²) in [7, 11) is 0. The largest absolute Gasteiger partial charge is 0.481 e. The number of carbonyl (C=O) groups is 1. The van der Waals surface area contributed by atoms with E-state index in [1.54, 1.807) is 0 Å². The molecule has 0 radical (unpaired) electrons. The van der Waals surface area contributed by atoms with Crippen LogP contribution in [0.25, 0.3) is 0 Å². The lowest BCUT2D eigenvalue weighted by atomic mass is 9.84. The zero-order valence-corrected chi connectivity index (χ0v) is 9.76. The van der Waals surface area contributed by atoms with Gasteiger partial charge in [-0.05, 0) is 36.5 Å². The second kappa shape index (κ2) is 3.56. The van der Waals surface area contributed by atoms with Crippen LogP contribution in [0.4, 0.5) is 0 Å². The van der Waals surface area contributed by atoms with E-state index in [1.165, 1.54) is 0 Å². The fourth-order valence-corrected chi connectivity index (χ4v) is 3.94. The van der Waals surface area contributed by atoms with Gasteiger partial charge < -0.3 is 5.11 Å². The van der Waals surface area contributed by atoms with Crippen molar-refractivity contribution < 1.29 is 9.90 Å². The monoisotopic (exact) mass is 198 g/mol. The molecule has 1 aliphatic rings. The predicted molar refractivity (Wildman–Crippen MR) is 57.2 cm³/mol. The Kier molecular flexibility index (Phi) is 2.93. The fraction of sp³-hybridized carbons (Fsp3) is 0.917. The summed E-state index contributed by atoms with van der Waals surface area (Å²) in [6.07, 6.45) is 4.01. The normalized spacial score (nSPS) is 23.4. The fourth-order valence-electron chi connectivity index (χ4n) is 3.94. The number of hydrogen-bond donors (Lipinski definition) is 1. The maximum absolute atomic E-state index is 11.2. The maximum atomic E-state index is 11.2. The van der Waals surface area contributed by atoms with E-state index in [1.807, 2.05) is 0 Å². The zero-order chi connectivity index (χ0) is 11.0. The molecule has 0 saturated heterocycles. The second-order valence-corrected chi connectivity index (χ2v) is 4.50. The lowest BCUT2D eigenvalue weighted by molar-refractivity contribution is -0.140. The third-order valence-corrected chi connectivity index (χ3v) is 4.78. The van der Waals surface area contributed by atoms with Crippen molar-refractivity contribution in [2.75, 3.05) is 0 Å². The van der Waals surface area contributed by atoms with Gasteiger partial charge in [-0.25, -0.2) is 0 Å². The lowest BCUT2D eigenvalue weighted by Gasteiger charge is -2.20. The molecule has 1 saturated carbocycles. The van der Waals surface area contributed by atoms with Crippen LogP contribution in [0.2, 0.25) is 0 Å². The Morgan fingerprint density at radius 2 is 1.29 bits per heavy atom. The Balaban J connectivity index is 3.02. The standard InChI is InChI=1S/C12H22O2/c1-5-11(6-2)9(10(13)14)12(11,7-3)8-4/h9H,5-8H2,1-4H3,(H,13,14). The third-order valence-electron chi connectivity index (χ3n) is 4.78. The molecule has 0 amide bonds. The van der Waals surface area contributed by atoms with E-state index in [-0.39, 0.29) is 16.7 Å². The van der Waals surface area contributed by atoms with Gasteiger partial charge in [0.05, 0.1) is 5.92 Å². The molecule has 0 spiro atoms. The van der Waals surface area contributed by atoms with Crippen LogP contribution in [0.15, 0.2) is 0 Å². The minimum absolute atomic E-state index is 0.0856. The van der Waals surface area contributed by atoms with Crippen molar-refractivity contribution in [3.05, 3.63) is 0 Å². The number of aliphatic carboxylic acids is 1. The summed E-state index contributed by atoms with van der Waals surface area (Å²) in [5.74, 6) is -0.683. The maximum Gasteiger partial charge on any atom is 0.307 e. The van der Waals surface area contributed by atoms with Gasteiger partial charge in [-0.2, -0.15) is 0 Å². The molecular weight excluding hydrogens is 176 g/mol. The van der Waals surface area contributed by atoms with E-state index in [9.17, 15) is 9.90 Å². The van der Waals surface area contributed by atoms with Crippen LogP contribution >= 0.6 is 0 Å². The van der Waals surface area contributed by atoms with Crippen molar-refractivity contribution in [1.29, 1.82) is 0 Å². The highest BCUT2D eigenvalue weighted by Gasteiger charge is 2.74. The first-order valence-electron chi connectivity index (χ1n) is 5.79. The van der Waals surface area contributed by atoms with Crippen molar-refractivity contribution in [3.8, 4) is 0 Å². The smallest absolute Gasteiger partial charge is 0.307 e. The second-order valence-electron chi connectivity index (χ2n) is 4.50. The Bertz CT molecular complexity index is 206. The van der Waals surface area contributed by atoms with Crippen LogP contribution in [0.5, 0.6) is 0 Å². The molecule has 1 rings (SSSR count). The molecule has 0 aromatic rings. The molecule has 2 heteroatoms. The van der Waals surface area contributed by atoms with Gasteiger partial charge in [0.15, 0.2) is 0 Å². The molecule has 14 heavy (non-hydrogen) atoms. The van der Waals surface area contributed by atoms with Gasteiger partial charge in [0.2, 0.25) is 0 Å². The molecule has 1 N–H and O–H groups in total. The van der Waals surface area contributed by atoms with Gasteiger partial charge in [-0.1, -0.05) is 27.7 Å². The van der Waals surface area contributed by atoms with E-state index in [0.29, 0.717) is 0 Å². The molecule has 1 fully saturated rings. The first kappa shape index (κ1) is 11.5. The zero-order valence-electron chi connectivity index (χ0n) is 9.76. The SMILES string of the molecule is CCC1(CC)C(C(=O)O)C1(CC)CC. The van der Waals surface area contributed by atoms with Crippen molar-refractivity contribution in [3.63, 3.8) is 0 Å². The van der Waals surface area contributed by atoms with Crippen LogP contribution in [0.1, 0.15) is 53.4 Å². The highest BCUT2D eigenvalue weighted by molar-refractivity contribution is 5.77. The summed E-state index contributed by atoms with van der Waals surface area (Å²) in [6.45, 7) is 8.53. The first-order chi connectivity index (χ1) is 6.56. The van der Waals surface area contributed by atoms with Crippen molar-refractivity contribution in [2.45, 2.75) is 53.4 Å². The molecule has 2 nitrogen and oxygen atoms in total. The quantitative estimate of drug-likeness (QED) is 0.735. The molecular formula is C12H22O2. The minimum Gasteiger partial charge on any atom is -0.481 e. The number of hydrogen-bond acceptors (Lipinski definition) is 1. The average molecular weight is 198 g/mol.